The van der Waals surface area contributed by atoms with Crippen LogP contribution < -0.4 is 0 Å². The molecule has 0 aliphatic rings. The minimum Gasteiger partial charge on any atom is -0.393 e. The molecular formula is C13H28O3. The number of hydrogen-bond acceptors (Lipinski definition) is 3. The van der Waals surface area contributed by atoms with Gasteiger partial charge in [0.1, 0.15) is 0 Å². The second-order valence-electron chi connectivity index (χ2n) is 4.78. The summed E-state index contributed by atoms with van der Waals surface area (Å²) in [5.41, 5.74) is 0. The van der Waals surface area contributed by atoms with Crippen LogP contribution in [-0.2, 0) is 0 Å². The van der Waals surface area contributed by atoms with Crippen LogP contribution in [0.2, 0.25) is 0 Å². The zero-order valence-electron chi connectivity index (χ0n) is 10.7. The Labute approximate surface area is 99.5 Å². The largest absolute Gasteiger partial charge is 0.393 e. The Kier molecular flexibility index (Phi) is 9.99. The summed E-state index contributed by atoms with van der Waals surface area (Å²) < 4.78 is 0. The van der Waals surface area contributed by atoms with Gasteiger partial charge in [0.05, 0.1) is 18.3 Å². The maximum atomic E-state index is 9.61. The van der Waals surface area contributed by atoms with Crippen molar-refractivity contribution in [3.63, 3.8) is 0 Å². The first-order valence-electron chi connectivity index (χ1n) is 6.62. The van der Waals surface area contributed by atoms with Crippen LogP contribution in [0.5, 0.6) is 0 Å². The molecular weight excluding hydrogens is 204 g/mol. The smallest absolute Gasteiger partial charge is 0.0823 e. The molecule has 0 rings (SSSR count). The van der Waals surface area contributed by atoms with Gasteiger partial charge in [0, 0.05) is 6.42 Å². The number of rotatable bonds is 10. The van der Waals surface area contributed by atoms with Gasteiger partial charge in [0.15, 0.2) is 0 Å². The Morgan fingerprint density at radius 3 is 1.94 bits per heavy atom. The number of aliphatic hydroxyl groups excluding tert-OH is 3. The summed E-state index contributed by atoms with van der Waals surface area (Å²) in [6, 6.07) is 0. The molecule has 0 heterocycles. The standard InChI is InChI=1S/C13H28O3/c1-3-4-5-6-7-8-9-12(15)13(16)10-11(2)14/h11-16H,3-10H2,1-2H3. The third kappa shape index (κ3) is 9.13. The van der Waals surface area contributed by atoms with Gasteiger partial charge in [-0.15, -0.1) is 0 Å². The molecule has 0 aliphatic heterocycles. The van der Waals surface area contributed by atoms with E-state index in [0.717, 1.165) is 12.8 Å². The highest BCUT2D eigenvalue weighted by atomic mass is 16.3. The van der Waals surface area contributed by atoms with Crippen LogP contribution in [-0.4, -0.2) is 33.6 Å². The SMILES string of the molecule is CCCCCCCCC(O)C(O)CC(C)O. The Morgan fingerprint density at radius 2 is 1.38 bits per heavy atom. The van der Waals surface area contributed by atoms with Crippen molar-refractivity contribution in [1.29, 1.82) is 0 Å². The van der Waals surface area contributed by atoms with Crippen molar-refractivity contribution in [3.05, 3.63) is 0 Å². The summed E-state index contributed by atoms with van der Waals surface area (Å²) in [6.07, 6.45) is 5.99. The first-order chi connectivity index (χ1) is 7.57. The number of hydrogen-bond donors (Lipinski definition) is 3. The fourth-order valence-electron chi connectivity index (χ4n) is 1.83. The molecule has 0 bridgehead atoms. The van der Waals surface area contributed by atoms with Crippen molar-refractivity contribution >= 4 is 0 Å². The number of unbranched alkanes of at least 4 members (excludes halogenated alkanes) is 5. The van der Waals surface area contributed by atoms with E-state index in [1.54, 1.807) is 6.92 Å². The fourth-order valence-corrected chi connectivity index (χ4v) is 1.83. The maximum Gasteiger partial charge on any atom is 0.0823 e. The average Bonchev–Trinajstić information content (AvgIpc) is 2.21. The quantitative estimate of drug-likeness (QED) is 0.506. The van der Waals surface area contributed by atoms with Crippen molar-refractivity contribution in [2.24, 2.45) is 0 Å². The maximum absolute atomic E-state index is 9.61. The molecule has 3 atom stereocenters. The Bertz CT molecular complexity index is 148. The van der Waals surface area contributed by atoms with E-state index in [9.17, 15) is 10.2 Å². The van der Waals surface area contributed by atoms with Crippen molar-refractivity contribution in [1.82, 2.24) is 0 Å². The molecule has 0 spiro atoms. The van der Waals surface area contributed by atoms with E-state index in [4.69, 9.17) is 5.11 Å². The van der Waals surface area contributed by atoms with Crippen LogP contribution >= 0.6 is 0 Å². The molecule has 0 saturated heterocycles. The van der Waals surface area contributed by atoms with Gasteiger partial charge in [-0.1, -0.05) is 45.4 Å². The highest BCUT2D eigenvalue weighted by Gasteiger charge is 2.17. The van der Waals surface area contributed by atoms with E-state index in [1.165, 1.54) is 25.7 Å². The van der Waals surface area contributed by atoms with E-state index < -0.39 is 18.3 Å². The lowest BCUT2D eigenvalue weighted by Gasteiger charge is -2.18. The van der Waals surface area contributed by atoms with Gasteiger partial charge in [-0.05, 0) is 13.3 Å². The third-order valence-corrected chi connectivity index (χ3v) is 2.88. The van der Waals surface area contributed by atoms with E-state index in [-0.39, 0.29) is 6.42 Å². The molecule has 98 valence electrons. The van der Waals surface area contributed by atoms with E-state index in [0.29, 0.717) is 6.42 Å². The second kappa shape index (κ2) is 10.1. The monoisotopic (exact) mass is 232 g/mol. The van der Waals surface area contributed by atoms with Crippen LogP contribution in [0.3, 0.4) is 0 Å². The van der Waals surface area contributed by atoms with Gasteiger partial charge in [-0.3, -0.25) is 0 Å². The lowest BCUT2D eigenvalue weighted by atomic mass is 10.0. The first-order valence-corrected chi connectivity index (χ1v) is 6.62. The summed E-state index contributed by atoms with van der Waals surface area (Å²) in [4.78, 5) is 0. The summed E-state index contributed by atoms with van der Waals surface area (Å²) in [7, 11) is 0. The van der Waals surface area contributed by atoms with Gasteiger partial charge in [0.25, 0.3) is 0 Å². The van der Waals surface area contributed by atoms with Crippen LogP contribution in [0, 0.1) is 0 Å². The predicted molar refractivity (Wildman–Crippen MR) is 66.3 cm³/mol. The lowest BCUT2D eigenvalue weighted by Crippen LogP contribution is -2.29. The second-order valence-corrected chi connectivity index (χ2v) is 4.78. The molecule has 0 saturated carbocycles. The molecule has 3 nitrogen and oxygen atoms in total. The van der Waals surface area contributed by atoms with Crippen molar-refractivity contribution in [2.75, 3.05) is 0 Å². The van der Waals surface area contributed by atoms with Gasteiger partial charge < -0.3 is 15.3 Å². The minimum atomic E-state index is -0.782. The zero-order chi connectivity index (χ0) is 12.4. The van der Waals surface area contributed by atoms with Crippen molar-refractivity contribution < 1.29 is 15.3 Å². The molecule has 0 aromatic heterocycles. The fraction of sp³-hybridized carbons (Fsp3) is 1.00. The summed E-state index contributed by atoms with van der Waals surface area (Å²) in [5, 5.41) is 28.2. The van der Waals surface area contributed by atoms with Crippen LogP contribution in [0.1, 0.15) is 65.2 Å². The lowest BCUT2D eigenvalue weighted by molar-refractivity contribution is -0.0133. The summed E-state index contributed by atoms with van der Waals surface area (Å²) in [6.45, 7) is 3.82. The van der Waals surface area contributed by atoms with E-state index >= 15 is 0 Å². The van der Waals surface area contributed by atoms with Crippen LogP contribution in [0.25, 0.3) is 0 Å². The minimum absolute atomic E-state index is 0.261. The molecule has 0 amide bonds. The molecule has 3 N–H and O–H groups in total. The van der Waals surface area contributed by atoms with E-state index in [2.05, 4.69) is 6.92 Å². The Morgan fingerprint density at radius 1 is 0.812 bits per heavy atom. The Balaban J connectivity index is 3.38. The molecule has 3 heteroatoms. The van der Waals surface area contributed by atoms with E-state index in [1.807, 2.05) is 0 Å². The third-order valence-electron chi connectivity index (χ3n) is 2.88. The zero-order valence-corrected chi connectivity index (χ0v) is 10.7. The molecule has 0 fully saturated rings. The average molecular weight is 232 g/mol. The van der Waals surface area contributed by atoms with Crippen LogP contribution in [0.15, 0.2) is 0 Å². The molecule has 3 unspecified atom stereocenters. The van der Waals surface area contributed by atoms with Gasteiger partial charge >= 0.3 is 0 Å². The van der Waals surface area contributed by atoms with Crippen molar-refractivity contribution in [3.8, 4) is 0 Å². The summed E-state index contributed by atoms with van der Waals surface area (Å²) in [5.74, 6) is 0. The van der Waals surface area contributed by atoms with Gasteiger partial charge in [0.2, 0.25) is 0 Å². The number of aliphatic hydroxyl groups is 3. The van der Waals surface area contributed by atoms with Crippen molar-refractivity contribution in [2.45, 2.75) is 83.5 Å². The molecule has 0 aromatic rings. The predicted octanol–water partition coefficient (Wildman–Crippen LogP) is 2.23. The summed E-state index contributed by atoms with van der Waals surface area (Å²) >= 11 is 0. The first kappa shape index (κ1) is 15.9. The molecule has 0 aromatic carbocycles. The highest BCUT2D eigenvalue weighted by molar-refractivity contribution is 4.69. The molecule has 0 aliphatic carbocycles. The topological polar surface area (TPSA) is 60.7 Å². The van der Waals surface area contributed by atoms with Gasteiger partial charge in [-0.25, -0.2) is 0 Å². The van der Waals surface area contributed by atoms with Crippen LogP contribution in [0.4, 0.5) is 0 Å². The molecule has 16 heavy (non-hydrogen) atoms. The Hall–Kier alpha value is -0.120. The van der Waals surface area contributed by atoms with Gasteiger partial charge in [-0.2, -0.15) is 0 Å². The highest BCUT2D eigenvalue weighted by Crippen LogP contribution is 2.12. The normalized spacial score (nSPS) is 17.1. The molecule has 0 radical (unpaired) electrons.